The average Bonchev–Trinajstić information content (AvgIpc) is 2.79. The molecule has 0 bridgehead atoms. The van der Waals surface area contributed by atoms with Gasteiger partial charge in [0.25, 0.3) is 11.5 Å². The second kappa shape index (κ2) is 9.34. The number of ether oxygens (including phenoxy) is 2. The molecule has 0 fully saturated rings. The van der Waals surface area contributed by atoms with Gasteiger partial charge in [0.15, 0.2) is 6.10 Å². The number of pyridine rings is 1. The molecule has 0 aliphatic heterocycles. The number of para-hydroxylation sites is 1. The molecule has 4 rings (SSSR count). The molecule has 1 N–H and O–H groups in total. The van der Waals surface area contributed by atoms with Crippen molar-refractivity contribution in [1.82, 2.24) is 9.38 Å². The number of aromatic nitrogens is 2. The normalized spacial score (nSPS) is 11.7. The van der Waals surface area contributed by atoms with Crippen molar-refractivity contribution in [2.45, 2.75) is 26.6 Å². The van der Waals surface area contributed by atoms with Gasteiger partial charge in [0, 0.05) is 24.0 Å². The molecule has 162 valence electrons. The maximum Gasteiger partial charge on any atom is 0.265 e. The lowest BCUT2D eigenvalue weighted by Crippen LogP contribution is -2.30. The van der Waals surface area contributed by atoms with E-state index in [4.69, 9.17) is 9.47 Å². The van der Waals surface area contributed by atoms with Gasteiger partial charge in [-0.15, -0.1) is 0 Å². The number of aryl methyl sites for hydroxylation is 1. The zero-order chi connectivity index (χ0) is 22.5. The third kappa shape index (κ3) is 5.13. The molecule has 0 aliphatic rings. The topological polar surface area (TPSA) is 81.9 Å². The number of anilines is 1. The molecule has 1 atom stereocenters. The molecule has 0 saturated heterocycles. The molecule has 7 nitrogen and oxygen atoms in total. The number of nitrogens with zero attached hydrogens (tertiary/aromatic N) is 2. The van der Waals surface area contributed by atoms with Crippen LogP contribution in [0, 0.1) is 6.92 Å². The van der Waals surface area contributed by atoms with Crippen molar-refractivity contribution in [3.8, 4) is 11.5 Å². The smallest absolute Gasteiger partial charge is 0.265 e. The minimum absolute atomic E-state index is 0.130. The van der Waals surface area contributed by atoms with Crippen LogP contribution in [0.4, 0.5) is 5.69 Å². The number of hydrogen-bond donors (Lipinski definition) is 1. The lowest BCUT2D eigenvalue weighted by molar-refractivity contribution is -0.122. The Labute approximate surface area is 185 Å². The van der Waals surface area contributed by atoms with Crippen molar-refractivity contribution >= 4 is 17.2 Å². The Balaban J connectivity index is 1.40. The van der Waals surface area contributed by atoms with Crippen molar-refractivity contribution < 1.29 is 14.3 Å². The van der Waals surface area contributed by atoms with Crippen molar-refractivity contribution in [2.24, 2.45) is 0 Å². The largest absolute Gasteiger partial charge is 0.487 e. The van der Waals surface area contributed by atoms with Crippen LogP contribution in [0.15, 0.2) is 83.8 Å². The van der Waals surface area contributed by atoms with E-state index in [1.54, 1.807) is 55.6 Å². The number of fused-ring (bicyclic) bond motifs is 1. The summed E-state index contributed by atoms with van der Waals surface area (Å²) in [5, 5.41) is 2.83. The SMILES string of the molecule is Cc1ccc2nc(COc3cccc(NC(=O)[C@@H](C)Oc4ccccc4)c3)cc(=O)n2c1. The molecule has 4 aromatic rings. The van der Waals surface area contributed by atoms with E-state index in [0.717, 1.165) is 5.56 Å². The van der Waals surface area contributed by atoms with Crippen LogP contribution < -0.4 is 20.3 Å². The quantitative estimate of drug-likeness (QED) is 0.480. The predicted octanol–water partition coefficient (Wildman–Crippen LogP) is 3.99. The van der Waals surface area contributed by atoms with Gasteiger partial charge in [-0.3, -0.25) is 14.0 Å². The number of benzene rings is 2. The molecule has 0 unspecified atom stereocenters. The first kappa shape index (κ1) is 21.1. The number of amides is 1. The van der Waals surface area contributed by atoms with Crippen LogP contribution in [-0.2, 0) is 11.4 Å². The Kier molecular flexibility index (Phi) is 6.17. The van der Waals surface area contributed by atoms with E-state index < -0.39 is 6.10 Å². The summed E-state index contributed by atoms with van der Waals surface area (Å²) in [5.41, 5.74) is 2.49. The predicted molar refractivity (Wildman–Crippen MR) is 122 cm³/mol. The third-order valence-corrected chi connectivity index (χ3v) is 4.77. The first-order valence-corrected chi connectivity index (χ1v) is 10.2. The van der Waals surface area contributed by atoms with Crippen LogP contribution in [0.1, 0.15) is 18.2 Å². The van der Waals surface area contributed by atoms with Crippen LogP contribution in [0.2, 0.25) is 0 Å². The molecule has 0 aliphatic carbocycles. The van der Waals surface area contributed by atoms with Gasteiger partial charge in [0.05, 0.1) is 5.69 Å². The summed E-state index contributed by atoms with van der Waals surface area (Å²) in [6.45, 7) is 3.74. The summed E-state index contributed by atoms with van der Waals surface area (Å²) in [6.07, 6.45) is 1.09. The Bertz CT molecular complexity index is 1300. The Morgan fingerprint density at radius 2 is 1.81 bits per heavy atom. The number of nitrogens with one attached hydrogen (secondary N) is 1. The molecule has 1 amide bonds. The number of carbonyl (C=O) groups excluding carboxylic acids is 1. The summed E-state index contributed by atoms with van der Waals surface area (Å²) >= 11 is 0. The lowest BCUT2D eigenvalue weighted by Gasteiger charge is -2.15. The molecule has 0 radical (unpaired) electrons. The van der Waals surface area contributed by atoms with Crippen molar-refractivity contribution in [3.05, 3.63) is 101 Å². The van der Waals surface area contributed by atoms with E-state index in [-0.39, 0.29) is 18.1 Å². The van der Waals surface area contributed by atoms with E-state index in [1.807, 2.05) is 31.2 Å². The minimum Gasteiger partial charge on any atom is -0.487 e. The number of rotatable bonds is 7. The molecular formula is C25H23N3O4. The fourth-order valence-electron chi connectivity index (χ4n) is 3.15. The Morgan fingerprint density at radius 1 is 1.03 bits per heavy atom. The standard InChI is InChI=1S/C25H23N3O4/c1-17-11-12-23-26-20(14-24(29)28(23)15-17)16-31-22-10-6-7-19(13-22)27-25(30)18(2)32-21-8-4-3-5-9-21/h3-15,18H,16H2,1-2H3,(H,27,30)/t18-/m1/s1. The highest BCUT2D eigenvalue weighted by atomic mass is 16.5. The van der Waals surface area contributed by atoms with Crippen molar-refractivity contribution in [2.75, 3.05) is 5.32 Å². The van der Waals surface area contributed by atoms with E-state index in [2.05, 4.69) is 10.3 Å². The summed E-state index contributed by atoms with van der Waals surface area (Å²) in [6, 6.07) is 21.4. The van der Waals surface area contributed by atoms with Crippen LogP contribution in [-0.4, -0.2) is 21.4 Å². The second-order valence-electron chi connectivity index (χ2n) is 7.40. The van der Waals surface area contributed by atoms with E-state index >= 15 is 0 Å². The second-order valence-corrected chi connectivity index (χ2v) is 7.40. The summed E-state index contributed by atoms with van der Waals surface area (Å²) < 4.78 is 13.0. The first-order valence-electron chi connectivity index (χ1n) is 10.2. The van der Waals surface area contributed by atoms with E-state index in [9.17, 15) is 9.59 Å². The molecule has 2 aromatic carbocycles. The number of hydrogen-bond acceptors (Lipinski definition) is 5. The van der Waals surface area contributed by atoms with Crippen molar-refractivity contribution in [1.29, 1.82) is 0 Å². The van der Waals surface area contributed by atoms with Crippen LogP contribution in [0.5, 0.6) is 11.5 Å². The average molecular weight is 429 g/mol. The van der Waals surface area contributed by atoms with Gasteiger partial charge in [-0.2, -0.15) is 0 Å². The monoisotopic (exact) mass is 429 g/mol. The van der Waals surface area contributed by atoms with Gasteiger partial charge < -0.3 is 14.8 Å². The highest BCUT2D eigenvalue weighted by molar-refractivity contribution is 5.94. The van der Waals surface area contributed by atoms with E-state index in [0.29, 0.717) is 28.5 Å². The molecule has 0 saturated carbocycles. The van der Waals surface area contributed by atoms with Crippen LogP contribution in [0.25, 0.3) is 5.65 Å². The lowest BCUT2D eigenvalue weighted by atomic mass is 10.2. The van der Waals surface area contributed by atoms with E-state index in [1.165, 1.54) is 10.5 Å². The van der Waals surface area contributed by atoms with Gasteiger partial charge in [-0.25, -0.2) is 4.98 Å². The maximum atomic E-state index is 12.5. The highest BCUT2D eigenvalue weighted by Crippen LogP contribution is 2.19. The summed E-state index contributed by atoms with van der Waals surface area (Å²) in [4.78, 5) is 29.3. The fraction of sp³-hybridized carbons (Fsp3) is 0.160. The summed E-state index contributed by atoms with van der Waals surface area (Å²) in [7, 11) is 0. The minimum atomic E-state index is -0.666. The van der Waals surface area contributed by atoms with Gasteiger partial charge in [-0.05, 0) is 49.7 Å². The maximum absolute atomic E-state index is 12.5. The van der Waals surface area contributed by atoms with Crippen LogP contribution >= 0.6 is 0 Å². The number of carbonyl (C=O) groups is 1. The Hall–Kier alpha value is -4.13. The summed E-state index contributed by atoms with van der Waals surface area (Å²) in [5.74, 6) is 0.900. The zero-order valence-electron chi connectivity index (χ0n) is 17.8. The van der Waals surface area contributed by atoms with Gasteiger partial charge in [-0.1, -0.05) is 30.3 Å². The van der Waals surface area contributed by atoms with Gasteiger partial charge >= 0.3 is 0 Å². The van der Waals surface area contributed by atoms with Crippen LogP contribution in [0.3, 0.4) is 0 Å². The fourth-order valence-corrected chi connectivity index (χ4v) is 3.15. The molecular weight excluding hydrogens is 406 g/mol. The highest BCUT2D eigenvalue weighted by Gasteiger charge is 2.15. The van der Waals surface area contributed by atoms with Gasteiger partial charge in [0.2, 0.25) is 0 Å². The molecule has 7 heteroatoms. The Morgan fingerprint density at radius 3 is 2.62 bits per heavy atom. The molecule has 0 spiro atoms. The zero-order valence-corrected chi connectivity index (χ0v) is 17.8. The third-order valence-electron chi connectivity index (χ3n) is 4.77. The van der Waals surface area contributed by atoms with Crippen molar-refractivity contribution in [3.63, 3.8) is 0 Å². The molecule has 32 heavy (non-hydrogen) atoms. The first-order chi connectivity index (χ1) is 15.5. The molecule has 2 aromatic heterocycles. The van der Waals surface area contributed by atoms with Gasteiger partial charge in [0.1, 0.15) is 23.8 Å². The molecule has 2 heterocycles.